The highest BCUT2D eigenvalue weighted by molar-refractivity contribution is 7.99. The molecule has 0 saturated heterocycles. The Balaban J connectivity index is 2.38. The molecule has 9 heteroatoms. The van der Waals surface area contributed by atoms with Gasteiger partial charge in [0.15, 0.2) is 5.16 Å². The number of sulfonamides is 1. The number of carbonyl (C=O) groups is 1. The van der Waals surface area contributed by atoms with Gasteiger partial charge in [-0.3, -0.25) is 4.79 Å². The molecule has 1 aromatic heterocycles. The molecule has 0 aliphatic rings. The normalized spacial score (nSPS) is 12.3. The van der Waals surface area contributed by atoms with Crippen molar-refractivity contribution in [3.8, 4) is 0 Å². The average molecular weight is 413 g/mol. The molecule has 1 aromatic carbocycles. The number of carbonyl (C=O) groups excluding carboxylic acids is 1. The van der Waals surface area contributed by atoms with Gasteiger partial charge in [0.2, 0.25) is 15.9 Å². The van der Waals surface area contributed by atoms with Gasteiger partial charge in [0, 0.05) is 26.7 Å². The lowest BCUT2D eigenvalue weighted by Crippen LogP contribution is -2.31. The van der Waals surface area contributed by atoms with Crippen molar-refractivity contribution in [3.63, 3.8) is 0 Å². The number of imidazole rings is 1. The number of unbranched alkanes of at least 4 members (excludes halogenated alkanes) is 1. The zero-order chi connectivity index (χ0) is 20.2. The summed E-state index contributed by atoms with van der Waals surface area (Å²) in [6, 6.07) is 5.11. The molecule has 0 saturated carbocycles. The van der Waals surface area contributed by atoms with Crippen molar-refractivity contribution in [1.29, 1.82) is 0 Å². The van der Waals surface area contributed by atoms with Crippen LogP contribution in [0.5, 0.6) is 0 Å². The summed E-state index contributed by atoms with van der Waals surface area (Å²) in [4.78, 5) is 16.8. The minimum Gasteiger partial charge on any atom is -0.353 e. The molecular formula is C18H28N4O3S2. The molecule has 7 nitrogen and oxygen atoms in total. The molecule has 2 aromatic rings. The Kier molecular flexibility index (Phi) is 7.30. The number of benzene rings is 1. The van der Waals surface area contributed by atoms with E-state index in [0.717, 1.165) is 30.1 Å². The molecule has 1 heterocycles. The number of hydrogen-bond acceptors (Lipinski definition) is 5. The number of aromatic nitrogens is 2. The molecule has 0 unspecified atom stereocenters. The minimum atomic E-state index is -3.51. The molecule has 0 spiro atoms. The minimum absolute atomic E-state index is 0.0417. The van der Waals surface area contributed by atoms with Crippen LogP contribution >= 0.6 is 11.8 Å². The van der Waals surface area contributed by atoms with Crippen LogP contribution in [0.1, 0.15) is 33.6 Å². The van der Waals surface area contributed by atoms with E-state index in [-0.39, 0.29) is 22.6 Å². The summed E-state index contributed by atoms with van der Waals surface area (Å²) in [5, 5.41) is 3.60. The highest BCUT2D eigenvalue weighted by Gasteiger charge is 2.20. The van der Waals surface area contributed by atoms with E-state index in [0.29, 0.717) is 5.52 Å². The van der Waals surface area contributed by atoms with Crippen molar-refractivity contribution in [1.82, 2.24) is 19.2 Å². The third-order valence-corrected chi connectivity index (χ3v) is 6.77. The van der Waals surface area contributed by atoms with Gasteiger partial charge in [-0.25, -0.2) is 17.7 Å². The van der Waals surface area contributed by atoms with Gasteiger partial charge in [0.25, 0.3) is 0 Å². The predicted molar refractivity (Wildman–Crippen MR) is 110 cm³/mol. The zero-order valence-corrected chi connectivity index (χ0v) is 18.2. The summed E-state index contributed by atoms with van der Waals surface area (Å²) < 4.78 is 28.0. The van der Waals surface area contributed by atoms with Gasteiger partial charge in [0.05, 0.1) is 21.7 Å². The van der Waals surface area contributed by atoms with E-state index in [1.165, 1.54) is 30.2 Å². The summed E-state index contributed by atoms with van der Waals surface area (Å²) >= 11 is 1.37. The molecule has 2 rings (SSSR count). The third-order valence-electron chi connectivity index (χ3n) is 3.98. The maximum Gasteiger partial charge on any atom is 0.242 e. The molecule has 0 fully saturated rings. The molecule has 0 aliphatic carbocycles. The Morgan fingerprint density at radius 1 is 1.33 bits per heavy atom. The summed E-state index contributed by atoms with van der Waals surface area (Å²) in [6.45, 7) is 6.74. The summed E-state index contributed by atoms with van der Waals surface area (Å²) in [7, 11) is -0.499. The van der Waals surface area contributed by atoms with Crippen LogP contribution in [0.15, 0.2) is 28.3 Å². The maximum atomic E-state index is 12.4. The lowest BCUT2D eigenvalue weighted by molar-refractivity contribution is -0.119. The molecule has 27 heavy (non-hydrogen) atoms. The maximum absolute atomic E-state index is 12.4. The van der Waals surface area contributed by atoms with Gasteiger partial charge in [-0.2, -0.15) is 0 Å². The Morgan fingerprint density at radius 3 is 2.63 bits per heavy atom. The van der Waals surface area contributed by atoms with E-state index in [9.17, 15) is 13.2 Å². The zero-order valence-electron chi connectivity index (χ0n) is 16.5. The molecule has 1 N–H and O–H groups in total. The first-order valence-electron chi connectivity index (χ1n) is 9.01. The Bertz CT molecular complexity index is 905. The van der Waals surface area contributed by atoms with E-state index in [1.807, 2.05) is 13.8 Å². The summed E-state index contributed by atoms with van der Waals surface area (Å²) in [6.07, 6.45) is 2.01. The first-order valence-corrected chi connectivity index (χ1v) is 11.4. The Labute approximate surface area is 165 Å². The van der Waals surface area contributed by atoms with Crippen LogP contribution in [-0.2, 0) is 21.4 Å². The number of amides is 1. The molecule has 150 valence electrons. The van der Waals surface area contributed by atoms with Crippen LogP contribution in [0.2, 0.25) is 0 Å². The van der Waals surface area contributed by atoms with Gasteiger partial charge in [-0.15, -0.1) is 0 Å². The van der Waals surface area contributed by atoms with Crippen molar-refractivity contribution in [2.24, 2.45) is 0 Å². The first-order chi connectivity index (χ1) is 12.7. The lowest BCUT2D eigenvalue weighted by atomic mass is 10.3. The van der Waals surface area contributed by atoms with Gasteiger partial charge in [0.1, 0.15) is 0 Å². The summed E-state index contributed by atoms with van der Waals surface area (Å²) in [5.41, 5.74) is 1.51. The smallest absolute Gasteiger partial charge is 0.242 e. The van der Waals surface area contributed by atoms with Crippen LogP contribution in [0, 0.1) is 0 Å². The quantitative estimate of drug-likeness (QED) is 0.640. The van der Waals surface area contributed by atoms with Gasteiger partial charge in [-0.05, 0) is 38.5 Å². The fraction of sp³-hybridized carbons (Fsp3) is 0.556. The van der Waals surface area contributed by atoms with Crippen molar-refractivity contribution >= 4 is 38.7 Å². The molecule has 1 amide bonds. The predicted octanol–water partition coefficient (Wildman–Crippen LogP) is 2.70. The highest BCUT2D eigenvalue weighted by atomic mass is 32.2. The number of nitrogens with one attached hydrogen (secondary N) is 1. The van der Waals surface area contributed by atoms with Crippen LogP contribution in [0.25, 0.3) is 11.0 Å². The largest absolute Gasteiger partial charge is 0.353 e. The second-order valence-electron chi connectivity index (χ2n) is 6.85. The van der Waals surface area contributed by atoms with E-state index < -0.39 is 10.0 Å². The van der Waals surface area contributed by atoms with Crippen molar-refractivity contribution in [2.75, 3.05) is 19.8 Å². The molecule has 0 atom stereocenters. The second kappa shape index (κ2) is 9.07. The molecular weight excluding hydrogens is 384 g/mol. The Hall–Kier alpha value is -1.58. The van der Waals surface area contributed by atoms with E-state index in [4.69, 9.17) is 0 Å². The number of rotatable bonds is 9. The van der Waals surface area contributed by atoms with Crippen LogP contribution in [-0.4, -0.2) is 54.1 Å². The van der Waals surface area contributed by atoms with Crippen LogP contribution < -0.4 is 5.32 Å². The number of fused-ring (bicyclic) bond motifs is 1. The summed E-state index contributed by atoms with van der Waals surface area (Å²) in [5.74, 6) is 0.233. The number of aryl methyl sites for hydroxylation is 1. The first kappa shape index (κ1) is 21.7. The number of nitrogens with zero attached hydrogens (tertiary/aromatic N) is 3. The Morgan fingerprint density at radius 2 is 2.04 bits per heavy atom. The number of hydrogen-bond donors (Lipinski definition) is 1. The van der Waals surface area contributed by atoms with Crippen molar-refractivity contribution in [2.45, 2.75) is 56.3 Å². The van der Waals surface area contributed by atoms with Gasteiger partial charge >= 0.3 is 0 Å². The van der Waals surface area contributed by atoms with E-state index >= 15 is 0 Å². The second-order valence-corrected chi connectivity index (χ2v) is 9.94. The van der Waals surface area contributed by atoms with Crippen molar-refractivity contribution < 1.29 is 13.2 Å². The SMILES string of the molecule is CCCCn1c(SCC(=O)NC(C)C)nc2cc(S(=O)(=O)N(C)C)ccc21. The standard InChI is InChI=1S/C18H28N4O3S2/c1-6-7-10-22-16-9-8-14(27(24,25)21(4)5)11-15(16)20-18(22)26-12-17(23)19-13(2)3/h8-9,11,13H,6-7,10,12H2,1-5H3,(H,19,23). The average Bonchev–Trinajstić information content (AvgIpc) is 2.94. The number of thioether (sulfide) groups is 1. The van der Waals surface area contributed by atoms with E-state index in [1.54, 1.807) is 18.2 Å². The van der Waals surface area contributed by atoms with Crippen LogP contribution in [0.4, 0.5) is 0 Å². The molecule has 0 bridgehead atoms. The van der Waals surface area contributed by atoms with Crippen molar-refractivity contribution in [3.05, 3.63) is 18.2 Å². The molecule has 0 radical (unpaired) electrons. The van der Waals surface area contributed by atoms with Gasteiger partial charge in [-0.1, -0.05) is 25.1 Å². The molecule has 0 aliphatic heterocycles. The lowest BCUT2D eigenvalue weighted by Gasteiger charge is -2.11. The highest BCUT2D eigenvalue weighted by Crippen LogP contribution is 2.27. The fourth-order valence-corrected chi connectivity index (χ4v) is 4.37. The van der Waals surface area contributed by atoms with Gasteiger partial charge < -0.3 is 9.88 Å². The van der Waals surface area contributed by atoms with Crippen LogP contribution in [0.3, 0.4) is 0 Å². The topological polar surface area (TPSA) is 84.3 Å². The third kappa shape index (κ3) is 5.24. The monoisotopic (exact) mass is 412 g/mol. The van der Waals surface area contributed by atoms with E-state index in [2.05, 4.69) is 21.8 Å². The fourth-order valence-electron chi connectivity index (χ4n) is 2.60.